The van der Waals surface area contributed by atoms with E-state index in [4.69, 9.17) is 18.0 Å². The maximum absolute atomic E-state index is 15.2. The Morgan fingerprint density at radius 3 is 2.05 bits per heavy atom. The van der Waals surface area contributed by atoms with Crippen molar-refractivity contribution in [2.24, 2.45) is 17.3 Å². The molecule has 3 rings (SSSR count). The van der Waals surface area contributed by atoms with Crippen LogP contribution in [-0.2, 0) is 27.6 Å². The maximum atomic E-state index is 15.2. The molecule has 13 heteroatoms. The Morgan fingerprint density at radius 1 is 0.966 bits per heavy atom. The summed E-state index contributed by atoms with van der Waals surface area (Å²) in [5.41, 5.74) is 0.697. The average Bonchev–Trinajstić information content (AvgIpc) is 3.43. The van der Waals surface area contributed by atoms with Gasteiger partial charge in [-0.25, -0.2) is 0 Å². The van der Waals surface area contributed by atoms with Gasteiger partial charge in [0.25, 0.3) is 0 Å². The van der Waals surface area contributed by atoms with Gasteiger partial charge in [-0.1, -0.05) is 96.4 Å². The van der Waals surface area contributed by atoms with Crippen LogP contribution in [0.2, 0.25) is 54.4 Å². The second kappa shape index (κ2) is 20.9. The molecule has 0 aromatic carbocycles. The Bertz CT molecular complexity index is 1480. The first-order chi connectivity index (χ1) is 27.0. The molecule has 8 atom stereocenters. The second-order valence-corrected chi connectivity index (χ2v) is 35.0. The Morgan fingerprint density at radius 2 is 1.53 bits per heavy atom. The molecule has 1 aromatic rings. The molecule has 334 valence electrons. The van der Waals surface area contributed by atoms with Crippen LogP contribution in [0.1, 0.15) is 142 Å². The van der Waals surface area contributed by atoms with Crippen LogP contribution in [0.3, 0.4) is 0 Å². The number of nitrogens with zero attached hydrogens (tertiary/aromatic N) is 3. The van der Waals surface area contributed by atoms with Gasteiger partial charge >= 0.3 is 5.97 Å². The third-order valence-electron chi connectivity index (χ3n) is 15.5. The van der Waals surface area contributed by atoms with Gasteiger partial charge in [0.1, 0.15) is 11.9 Å². The molecule has 0 spiro atoms. The van der Waals surface area contributed by atoms with E-state index < -0.39 is 42.6 Å². The molecular weight excluding hydrogens is 795 g/mol. The first-order valence-corrected chi connectivity index (χ1v) is 31.6. The number of hydrogen-bond acceptors (Lipinski definition) is 10. The Labute approximate surface area is 362 Å². The van der Waals surface area contributed by atoms with Crippen LogP contribution < -0.4 is 0 Å². The molecule has 9 nitrogen and oxygen atoms in total. The van der Waals surface area contributed by atoms with Crippen molar-refractivity contribution >= 4 is 54.5 Å². The summed E-state index contributed by atoms with van der Waals surface area (Å²) in [4.78, 5) is 32.3. The van der Waals surface area contributed by atoms with Gasteiger partial charge in [0.05, 0.1) is 42.2 Å². The maximum Gasteiger partial charge on any atom is 0.309 e. The first-order valence-electron chi connectivity index (χ1n) is 22.9. The van der Waals surface area contributed by atoms with Gasteiger partial charge < -0.3 is 18.0 Å². The number of aromatic nitrogens is 2. The molecule has 0 bridgehead atoms. The highest BCUT2D eigenvalue weighted by Gasteiger charge is 2.59. The number of carbonyl (C=O) groups is 2. The normalized spacial score (nSPS) is 29.9. The number of ether oxygens (including phenoxy) is 1. The van der Waals surface area contributed by atoms with E-state index in [0.717, 1.165) is 73.3 Å². The Kier molecular flexibility index (Phi) is 18.5. The van der Waals surface area contributed by atoms with E-state index in [1.54, 1.807) is 6.20 Å². The van der Waals surface area contributed by atoms with Crippen molar-refractivity contribution in [1.82, 2.24) is 13.6 Å². The van der Waals surface area contributed by atoms with E-state index in [9.17, 15) is 4.79 Å². The van der Waals surface area contributed by atoms with Gasteiger partial charge in [-0.2, -0.15) is 8.75 Å². The summed E-state index contributed by atoms with van der Waals surface area (Å²) in [7, 11) is -6.26. The molecule has 2 aliphatic heterocycles. The number of fused-ring (bicyclic) bond motifs is 1. The van der Waals surface area contributed by atoms with Crippen molar-refractivity contribution in [3.8, 4) is 0 Å². The highest BCUT2D eigenvalue weighted by molar-refractivity contribution is 6.99. The Hall–Kier alpha value is -1.07. The van der Waals surface area contributed by atoms with Crippen LogP contribution in [0.5, 0.6) is 0 Å². The number of carbonyl (C=O) groups excluding carboxylic acids is 2. The molecule has 2 fully saturated rings. The summed E-state index contributed by atoms with van der Waals surface area (Å²) in [6, 6.07) is 6.07. The second-order valence-electron chi connectivity index (χ2n) is 20.2. The smallest absolute Gasteiger partial charge is 0.309 e. The van der Waals surface area contributed by atoms with Crippen molar-refractivity contribution < 1.29 is 27.6 Å². The van der Waals surface area contributed by atoms with Gasteiger partial charge in [-0.15, -0.1) is 0 Å². The zero-order valence-corrected chi connectivity index (χ0v) is 43.8. The van der Waals surface area contributed by atoms with Crippen molar-refractivity contribution in [3.05, 3.63) is 17.5 Å². The van der Waals surface area contributed by atoms with Crippen molar-refractivity contribution in [3.63, 3.8) is 0 Å². The number of esters is 1. The van der Waals surface area contributed by atoms with Crippen LogP contribution in [0.4, 0.5) is 0 Å². The number of Topliss-reactive ketones (excluding diaryl/α,β-unsaturated/α-hetero) is 1. The molecule has 2 unspecified atom stereocenters. The summed E-state index contributed by atoms with van der Waals surface area (Å²) in [5.74, 6) is -0.357. The zero-order chi connectivity index (χ0) is 43.9. The minimum Gasteiger partial charge on any atom is -0.458 e. The number of cyclic esters (lactones) is 1. The lowest BCUT2D eigenvalue weighted by Gasteiger charge is -2.44. The highest BCUT2D eigenvalue weighted by atomic mass is 32.1. The average molecular weight is 881 g/mol. The summed E-state index contributed by atoms with van der Waals surface area (Å²) in [5, 5.41) is 0.134. The Balaban J connectivity index is 2.15. The van der Waals surface area contributed by atoms with Gasteiger partial charge in [0, 0.05) is 42.5 Å². The number of hydrogen-bond donors (Lipinski definition) is 0. The van der Waals surface area contributed by atoms with Crippen LogP contribution in [0.25, 0.3) is 6.08 Å². The summed E-state index contributed by atoms with van der Waals surface area (Å²) < 4.78 is 36.6. The molecule has 1 aromatic heterocycles. The van der Waals surface area contributed by atoms with E-state index in [1.165, 1.54) is 11.7 Å². The lowest BCUT2D eigenvalue weighted by molar-refractivity contribution is -0.153. The van der Waals surface area contributed by atoms with Gasteiger partial charge in [-0.3, -0.25) is 14.5 Å². The molecule has 3 heterocycles. The zero-order valence-electron chi connectivity index (χ0n) is 40.0. The molecule has 2 aliphatic rings. The van der Waals surface area contributed by atoms with Gasteiger partial charge in [-0.05, 0) is 98.7 Å². The van der Waals surface area contributed by atoms with E-state index in [1.807, 2.05) is 26.8 Å². The lowest BCUT2D eigenvalue weighted by atomic mass is 9.73. The summed E-state index contributed by atoms with van der Waals surface area (Å²) in [6.07, 6.45) is 6.18. The van der Waals surface area contributed by atoms with E-state index in [0.29, 0.717) is 13.0 Å². The molecule has 0 N–H and O–H groups in total. The summed E-state index contributed by atoms with van der Waals surface area (Å²) in [6.45, 7) is 39.3. The predicted octanol–water partition coefficient (Wildman–Crippen LogP) is 11.9. The molecule has 0 amide bonds. The van der Waals surface area contributed by atoms with E-state index in [2.05, 4.69) is 110 Å². The van der Waals surface area contributed by atoms with Crippen LogP contribution >= 0.6 is 11.7 Å². The third-order valence-corrected chi connectivity index (χ3v) is 29.8. The van der Waals surface area contributed by atoms with Crippen molar-refractivity contribution in [2.75, 3.05) is 13.2 Å². The molecule has 0 saturated carbocycles. The standard InChI is InChI=1S/C45H85N3O6SSi3/c1-18-57(19-2,20-3)53-39-31-40(49)52-37(34(8)29-36-32-46-55-47-36)30-38-45(15,48(38)27-28-51-56(16,17)43(10,11)12)26-24-25-33(7)41(35(9)42(50)44(39,13)14)54-58(21-4,22-5)23-6/h29,32-33,35,37-39,41H,18-28,30-31H2,1-17H3/b34-29+/t33-,35+,37-,38-,39-,41?,45+,48?/m0/s1. The topological polar surface area (TPSA) is 99.9 Å². The molecule has 2 saturated heterocycles. The van der Waals surface area contributed by atoms with Crippen molar-refractivity contribution in [2.45, 2.75) is 220 Å². The van der Waals surface area contributed by atoms with Crippen LogP contribution in [-0.4, -0.2) is 93.4 Å². The highest BCUT2D eigenvalue weighted by Crippen LogP contribution is 2.49. The number of ketones is 1. The quantitative estimate of drug-likeness (QED) is 0.0913. The molecule has 58 heavy (non-hydrogen) atoms. The summed E-state index contributed by atoms with van der Waals surface area (Å²) >= 11 is 1.17. The first kappa shape index (κ1) is 51.3. The van der Waals surface area contributed by atoms with Crippen molar-refractivity contribution in [1.29, 1.82) is 0 Å². The third kappa shape index (κ3) is 12.1. The van der Waals surface area contributed by atoms with Gasteiger partial charge in [0.2, 0.25) is 0 Å². The minimum absolute atomic E-state index is 0.0207. The molecule has 0 radical (unpaired) electrons. The predicted molar refractivity (Wildman–Crippen MR) is 250 cm³/mol. The lowest BCUT2D eigenvalue weighted by Crippen LogP contribution is -2.53. The fraction of sp³-hybridized carbons (Fsp3) is 0.867. The SMILES string of the molecule is CC[Si](CC)(CC)OC1[C@@H](C)CCC[C@]2(C)[C@H](C[C@@H](/C(C)=C/c3cnsn3)OC(=O)C[C@H](O[Si](CC)(CC)CC)C(C)(C)C(=O)[C@@H]1C)N2CCO[Si](C)(C)C(C)(C)C. The number of rotatable bonds is 16. The minimum atomic E-state index is -2.25. The van der Waals surface area contributed by atoms with E-state index in [-0.39, 0.29) is 52.7 Å². The largest absolute Gasteiger partial charge is 0.458 e. The van der Waals surface area contributed by atoms with E-state index >= 15 is 4.79 Å². The fourth-order valence-corrected chi connectivity index (χ4v) is 16.8. The van der Waals surface area contributed by atoms with Gasteiger partial charge in [0.15, 0.2) is 25.0 Å². The monoisotopic (exact) mass is 880 g/mol. The molecule has 0 aliphatic carbocycles. The van der Waals surface area contributed by atoms with Crippen LogP contribution in [0.15, 0.2) is 11.8 Å². The molecular formula is C45H85N3O6SSi3. The van der Waals surface area contributed by atoms with Crippen LogP contribution in [0, 0.1) is 17.3 Å². The fourth-order valence-electron chi connectivity index (χ4n) is 9.33.